The van der Waals surface area contributed by atoms with Crippen molar-refractivity contribution in [1.82, 2.24) is 5.32 Å². The molecule has 3 nitrogen and oxygen atoms in total. The highest BCUT2D eigenvalue weighted by Gasteiger charge is 2.24. The summed E-state index contributed by atoms with van der Waals surface area (Å²) in [5, 5.41) is 3.54. The summed E-state index contributed by atoms with van der Waals surface area (Å²) in [4.78, 5) is 0. The minimum atomic E-state index is 0.434. The van der Waals surface area contributed by atoms with Gasteiger partial charge in [0.1, 0.15) is 0 Å². The van der Waals surface area contributed by atoms with E-state index in [2.05, 4.69) is 19.2 Å². The van der Waals surface area contributed by atoms with Gasteiger partial charge in [0, 0.05) is 25.8 Å². The first-order chi connectivity index (χ1) is 7.24. The lowest BCUT2D eigenvalue weighted by Gasteiger charge is -2.32. The quantitative estimate of drug-likeness (QED) is 0.686. The van der Waals surface area contributed by atoms with Crippen LogP contribution in [0.4, 0.5) is 0 Å². The van der Waals surface area contributed by atoms with E-state index in [0.29, 0.717) is 18.1 Å². The molecule has 0 amide bonds. The molecule has 0 aromatic rings. The third-order valence-electron chi connectivity index (χ3n) is 2.94. The van der Waals surface area contributed by atoms with Gasteiger partial charge in [-0.05, 0) is 25.7 Å². The van der Waals surface area contributed by atoms with Crippen LogP contribution in [0.15, 0.2) is 0 Å². The van der Waals surface area contributed by atoms with Crippen LogP contribution in [0.2, 0.25) is 0 Å². The maximum Gasteiger partial charge on any atom is 0.0612 e. The van der Waals surface area contributed by atoms with Crippen LogP contribution in [0.5, 0.6) is 0 Å². The fraction of sp³-hybridized carbons (Fsp3) is 1.00. The van der Waals surface area contributed by atoms with E-state index < -0.39 is 0 Å². The molecule has 0 saturated carbocycles. The topological polar surface area (TPSA) is 30.5 Å². The average molecular weight is 215 g/mol. The maximum absolute atomic E-state index is 5.73. The first kappa shape index (κ1) is 12.9. The van der Waals surface area contributed by atoms with Gasteiger partial charge in [-0.25, -0.2) is 0 Å². The lowest BCUT2D eigenvalue weighted by Crippen LogP contribution is -2.41. The zero-order valence-electron chi connectivity index (χ0n) is 10.3. The Bertz CT molecular complexity index is 162. The van der Waals surface area contributed by atoms with Crippen molar-refractivity contribution in [3.63, 3.8) is 0 Å². The molecule has 2 unspecified atom stereocenters. The Kier molecular flexibility index (Phi) is 6.22. The largest absolute Gasteiger partial charge is 0.380 e. The predicted octanol–water partition coefficient (Wildman–Crippen LogP) is 1.82. The van der Waals surface area contributed by atoms with Crippen molar-refractivity contribution in [3.8, 4) is 0 Å². The van der Waals surface area contributed by atoms with Crippen LogP contribution in [0, 0.1) is 5.92 Å². The molecule has 1 fully saturated rings. The fourth-order valence-electron chi connectivity index (χ4n) is 1.96. The van der Waals surface area contributed by atoms with Gasteiger partial charge in [0.15, 0.2) is 0 Å². The molecule has 2 atom stereocenters. The van der Waals surface area contributed by atoms with E-state index in [1.807, 2.05) is 6.92 Å². The third-order valence-corrected chi connectivity index (χ3v) is 2.94. The molecule has 15 heavy (non-hydrogen) atoms. The van der Waals surface area contributed by atoms with Gasteiger partial charge < -0.3 is 14.8 Å². The number of rotatable bonds is 6. The molecule has 1 rings (SSSR count). The second-order valence-electron chi connectivity index (χ2n) is 4.53. The molecule has 0 aliphatic carbocycles. The molecule has 0 spiro atoms. The van der Waals surface area contributed by atoms with Crippen molar-refractivity contribution in [1.29, 1.82) is 0 Å². The van der Waals surface area contributed by atoms with Gasteiger partial charge in [0.05, 0.1) is 12.7 Å². The minimum Gasteiger partial charge on any atom is -0.380 e. The predicted molar refractivity (Wildman–Crippen MR) is 62.1 cm³/mol. The summed E-state index contributed by atoms with van der Waals surface area (Å²) in [5.41, 5.74) is 0. The molecule has 1 aliphatic heterocycles. The van der Waals surface area contributed by atoms with Crippen LogP contribution in [0.3, 0.4) is 0 Å². The molecule has 0 aromatic heterocycles. The summed E-state index contributed by atoms with van der Waals surface area (Å²) in [5.74, 6) is 0.626. The summed E-state index contributed by atoms with van der Waals surface area (Å²) in [6.45, 7) is 9.98. The Labute approximate surface area is 93.5 Å². The number of ether oxygens (including phenoxy) is 2. The second-order valence-corrected chi connectivity index (χ2v) is 4.53. The highest BCUT2D eigenvalue weighted by Crippen LogP contribution is 2.19. The first-order valence-electron chi connectivity index (χ1n) is 6.16. The van der Waals surface area contributed by atoms with E-state index in [4.69, 9.17) is 9.47 Å². The van der Waals surface area contributed by atoms with Gasteiger partial charge in [-0.2, -0.15) is 0 Å². The van der Waals surface area contributed by atoms with Crippen molar-refractivity contribution >= 4 is 0 Å². The smallest absolute Gasteiger partial charge is 0.0612 e. The number of hydrogen-bond donors (Lipinski definition) is 1. The summed E-state index contributed by atoms with van der Waals surface area (Å²) in [6.07, 6.45) is 2.71. The van der Waals surface area contributed by atoms with E-state index in [0.717, 1.165) is 39.2 Å². The van der Waals surface area contributed by atoms with E-state index in [1.165, 1.54) is 0 Å². The van der Waals surface area contributed by atoms with Crippen LogP contribution in [-0.4, -0.2) is 38.5 Å². The molecule has 1 N–H and O–H groups in total. The standard InChI is InChI=1S/C12H25NO2/c1-4-14-8-6-13-11-5-7-15-12(9-11)10(2)3/h10-13H,4-9H2,1-3H3. The monoisotopic (exact) mass is 215 g/mol. The summed E-state index contributed by atoms with van der Waals surface area (Å²) in [7, 11) is 0. The van der Waals surface area contributed by atoms with Crippen molar-refractivity contribution in [2.24, 2.45) is 5.92 Å². The molecule has 1 aliphatic rings. The van der Waals surface area contributed by atoms with Gasteiger partial charge in [0.2, 0.25) is 0 Å². The average Bonchev–Trinajstić information content (AvgIpc) is 2.25. The molecule has 1 saturated heterocycles. The SMILES string of the molecule is CCOCCNC1CCOC(C(C)C)C1. The van der Waals surface area contributed by atoms with Gasteiger partial charge in [0.25, 0.3) is 0 Å². The highest BCUT2D eigenvalue weighted by molar-refractivity contribution is 4.78. The Morgan fingerprint density at radius 2 is 2.27 bits per heavy atom. The van der Waals surface area contributed by atoms with Crippen molar-refractivity contribution in [2.75, 3.05) is 26.4 Å². The first-order valence-corrected chi connectivity index (χ1v) is 6.16. The van der Waals surface area contributed by atoms with E-state index in [-0.39, 0.29) is 0 Å². The van der Waals surface area contributed by atoms with Crippen LogP contribution >= 0.6 is 0 Å². The van der Waals surface area contributed by atoms with E-state index in [9.17, 15) is 0 Å². The highest BCUT2D eigenvalue weighted by atomic mass is 16.5. The second kappa shape index (κ2) is 7.20. The molecule has 0 aromatic carbocycles. The molecule has 3 heteroatoms. The number of hydrogen-bond acceptors (Lipinski definition) is 3. The zero-order valence-corrected chi connectivity index (χ0v) is 10.3. The van der Waals surface area contributed by atoms with Gasteiger partial charge in [-0.15, -0.1) is 0 Å². The Hall–Kier alpha value is -0.120. The Balaban J connectivity index is 2.13. The van der Waals surface area contributed by atoms with Crippen LogP contribution in [-0.2, 0) is 9.47 Å². The minimum absolute atomic E-state index is 0.434. The van der Waals surface area contributed by atoms with Gasteiger partial charge in [-0.3, -0.25) is 0 Å². The Morgan fingerprint density at radius 3 is 2.93 bits per heavy atom. The normalized spacial score (nSPS) is 27.2. The lowest BCUT2D eigenvalue weighted by molar-refractivity contribution is -0.0251. The summed E-state index contributed by atoms with van der Waals surface area (Å²) < 4.78 is 11.0. The molecule has 1 heterocycles. The van der Waals surface area contributed by atoms with Gasteiger partial charge in [-0.1, -0.05) is 13.8 Å². The maximum atomic E-state index is 5.73. The third kappa shape index (κ3) is 4.96. The number of nitrogens with one attached hydrogen (secondary N) is 1. The summed E-state index contributed by atoms with van der Waals surface area (Å²) in [6, 6.07) is 0.617. The molecular formula is C12H25NO2. The van der Waals surface area contributed by atoms with Crippen LogP contribution in [0.25, 0.3) is 0 Å². The van der Waals surface area contributed by atoms with E-state index in [1.54, 1.807) is 0 Å². The van der Waals surface area contributed by atoms with E-state index >= 15 is 0 Å². The van der Waals surface area contributed by atoms with Crippen LogP contribution < -0.4 is 5.32 Å². The summed E-state index contributed by atoms with van der Waals surface area (Å²) >= 11 is 0. The fourth-order valence-corrected chi connectivity index (χ4v) is 1.96. The molecular weight excluding hydrogens is 190 g/mol. The molecule has 90 valence electrons. The Morgan fingerprint density at radius 1 is 1.47 bits per heavy atom. The molecule has 0 radical (unpaired) electrons. The van der Waals surface area contributed by atoms with Crippen molar-refractivity contribution in [3.05, 3.63) is 0 Å². The lowest BCUT2D eigenvalue weighted by atomic mass is 9.95. The van der Waals surface area contributed by atoms with Crippen LogP contribution in [0.1, 0.15) is 33.6 Å². The van der Waals surface area contributed by atoms with Crippen molar-refractivity contribution in [2.45, 2.75) is 45.8 Å². The van der Waals surface area contributed by atoms with Gasteiger partial charge >= 0.3 is 0 Å². The van der Waals surface area contributed by atoms with Crippen molar-refractivity contribution < 1.29 is 9.47 Å². The zero-order chi connectivity index (χ0) is 11.1. The molecule has 0 bridgehead atoms.